The van der Waals surface area contributed by atoms with Crippen LogP contribution in [0.5, 0.6) is 11.5 Å². The number of hydrogen-bond acceptors (Lipinski definition) is 4. The van der Waals surface area contributed by atoms with Crippen molar-refractivity contribution in [2.75, 3.05) is 5.32 Å². The van der Waals surface area contributed by atoms with Gasteiger partial charge in [-0.3, -0.25) is 9.59 Å². The molecule has 8 heteroatoms. The summed E-state index contributed by atoms with van der Waals surface area (Å²) in [4.78, 5) is 30.5. The largest absolute Gasteiger partial charge is 0.481 e. The molecule has 1 heterocycles. The number of hydrogen-bond donors (Lipinski definition) is 3. The van der Waals surface area contributed by atoms with E-state index in [-0.39, 0.29) is 18.2 Å². The van der Waals surface area contributed by atoms with Crippen LogP contribution in [-0.4, -0.2) is 27.0 Å². The van der Waals surface area contributed by atoms with E-state index in [9.17, 15) is 9.59 Å². The van der Waals surface area contributed by atoms with Crippen LogP contribution in [0.2, 0.25) is 5.02 Å². The Kier molecular flexibility index (Phi) is 5.36. The fourth-order valence-corrected chi connectivity index (χ4v) is 3.14. The number of fused-ring (bicyclic) bond motifs is 1. The molecule has 1 aromatic heterocycles. The molecule has 4 aromatic rings. The van der Waals surface area contributed by atoms with Crippen LogP contribution in [0.3, 0.4) is 0 Å². The number of amides is 1. The van der Waals surface area contributed by atoms with Crippen molar-refractivity contribution >= 4 is 40.2 Å². The third kappa shape index (κ3) is 4.42. The van der Waals surface area contributed by atoms with Gasteiger partial charge in [0.1, 0.15) is 11.5 Å². The van der Waals surface area contributed by atoms with Gasteiger partial charge >= 0.3 is 5.97 Å². The van der Waals surface area contributed by atoms with Crippen molar-refractivity contribution in [2.24, 2.45) is 0 Å². The van der Waals surface area contributed by atoms with E-state index in [1.807, 2.05) is 24.3 Å². The van der Waals surface area contributed by atoms with Gasteiger partial charge in [0, 0.05) is 5.69 Å². The third-order valence-corrected chi connectivity index (χ3v) is 4.59. The van der Waals surface area contributed by atoms with Crippen LogP contribution in [0, 0.1) is 0 Å². The van der Waals surface area contributed by atoms with Gasteiger partial charge in [-0.2, -0.15) is 0 Å². The van der Waals surface area contributed by atoms with E-state index < -0.39 is 5.97 Å². The molecule has 0 spiro atoms. The fraction of sp³-hybridized carbons (Fsp3) is 0.0455. The van der Waals surface area contributed by atoms with E-state index >= 15 is 0 Å². The summed E-state index contributed by atoms with van der Waals surface area (Å²) in [5, 5.41) is 11.9. The lowest BCUT2D eigenvalue weighted by Crippen LogP contribution is -2.13. The maximum Gasteiger partial charge on any atom is 0.307 e. The second kappa shape index (κ2) is 8.26. The van der Waals surface area contributed by atoms with E-state index in [0.717, 1.165) is 11.0 Å². The number of H-pyrrole nitrogens is 1. The van der Waals surface area contributed by atoms with Crippen molar-refractivity contribution in [1.29, 1.82) is 0 Å². The number of carboxylic acids is 1. The van der Waals surface area contributed by atoms with Crippen LogP contribution in [0.4, 0.5) is 5.69 Å². The van der Waals surface area contributed by atoms with Crippen LogP contribution in [0.25, 0.3) is 11.0 Å². The molecule has 0 unspecified atom stereocenters. The number of halogens is 1. The van der Waals surface area contributed by atoms with Crippen molar-refractivity contribution in [3.05, 3.63) is 83.1 Å². The molecule has 30 heavy (non-hydrogen) atoms. The average Bonchev–Trinajstić information content (AvgIpc) is 3.15. The number of aliphatic carboxylic acids is 1. The van der Waals surface area contributed by atoms with Crippen LogP contribution >= 0.6 is 11.6 Å². The Labute approximate surface area is 176 Å². The zero-order valence-corrected chi connectivity index (χ0v) is 16.3. The summed E-state index contributed by atoms with van der Waals surface area (Å²) in [7, 11) is 0. The van der Waals surface area contributed by atoms with Crippen molar-refractivity contribution in [3.8, 4) is 11.5 Å². The first-order valence-corrected chi connectivity index (χ1v) is 9.40. The minimum absolute atomic E-state index is 0.111. The molecule has 0 atom stereocenters. The van der Waals surface area contributed by atoms with Gasteiger partial charge in [-0.25, -0.2) is 4.98 Å². The van der Waals surface area contributed by atoms with E-state index in [1.165, 1.54) is 0 Å². The Morgan fingerprint density at radius 1 is 1.07 bits per heavy atom. The Morgan fingerprint density at radius 2 is 1.83 bits per heavy atom. The maximum atomic E-state index is 12.4. The number of nitrogens with one attached hydrogen (secondary N) is 2. The van der Waals surface area contributed by atoms with Crippen molar-refractivity contribution in [3.63, 3.8) is 0 Å². The van der Waals surface area contributed by atoms with E-state index in [0.29, 0.717) is 27.8 Å². The minimum Gasteiger partial charge on any atom is -0.481 e. The van der Waals surface area contributed by atoms with Gasteiger partial charge in [0.05, 0.1) is 22.5 Å². The standard InChI is InChI=1S/C22H16ClN3O4/c23-16-11-13(12-20(27)28)5-10-19(16)30-15-8-6-14(7-9-15)24-22(29)21-25-17-3-1-2-4-18(17)26-21/h1-11H,12H2,(H,24,29)(H,25,26)(H,27,28). The molecular formula is C22H16ClN3O4. The Bertz CT molecular complexity index is 1200. The minimum atomic E-state index is -0.931. The molecule has 0 aliphatic heterocycles. The number of benzene rings is 3. The monoisotopic (exact) mass is 421 g/mol. The lowest BCUT2D eigenvalue weighted by Gasteiger charge is -2.10. The number of nitrogens with zero attached hydrogens (tertiary/aromatic N) is 1. The number of imidazole rings is 1. The summed E-state index contributed by atoms with van der Waals surface area (Å²) >= 11 is 6.18. The fourth-order valence-electron chi connectivity index (χ4n) is 2.90. The highest BCUT2D eigenvalue weighted by atomic mass is 35.5. The zero-order chi connectivity index (χ0) is 21.1. The number of carbonyl (C=O) groups is 2. The summed E-state index contributed by atoms with van der Waals surface area (Å²) in [6.45, 7) is 0. The molecule has 0 saturated carbocycles. The molecule has 1 amide bonds. The Morgan fingerprint density at radius 3 is 2.53 bits per heavy atom. The average molecular weight is 422 g/mol. The number of rotatable bonds is 6. The van der Waals surface area contributed by atoms with Crippen LogP contribution < -0.4 is 10.1 Å². The Balaban J connectivity index is 1.42. The number of para-hydroxylation sites is 2. The number of anilines is 1. The summed E-state index contributed by atoms with van der Waals surface area (Å²) in [5.74, 6) is -0.129. The van der Waals surface area contributed by atoms with Gasteiger partial charge in [-0.05, 0) is 54.1 Å². The molecule has 0 saturated heterocycles. The molecule has 7 nitrogen and oxygen atoms in total. The highest BCUT2D eigenvalue weighted by Crippen LogP contribution is 2.31. The molecular weight excluding hydrogens is 406 g/mol. The molecule has 0 aliphatic rings. The van der Waals surface area contributed by atoms with Gasteiger partial charge in [0.2, 0.25) is 0 Å². The van der Waals surface area contributed by atoms with Crippen LogP contribution in [0.15, 0.2) is 66.7 Å². The molecule has 3 aromatic carbocycles. The predicted molar refractivity (Wildman–Crippen MR) is 113 cm³/mol. The lowest BCUT2D eigenvalue weighted by atomic mass is 10.1. The normalized spacial score (nSPS) is 10.7. The highest BCUT2D eigenvalue weighted by Gasteiger charge is 2.12. The van der Waals surface area contributed by atoms with Gasteiger partial charge in [0.25, 0.3) is 5.91 Å². The third-order valence-electron chi connectivity index (χ3n) is 4.30. The van der Waals surface area contributed by atoms with Crippen molar-refractivity contribution < 1.29 is 19.4 Å². The molecule has 0 fully saturated rings. The summed E-state index contributed by atoms with van der Waals surface area (Å²) in [6.07, 6.45) is -0.111. The number of aromatic amines is 1. The van der Waals surface area contributed by atoms with Gasteiger partial charge < -0.3 is 20.1 Å². The SMILES string of the molecule is O=C(O)Cc1ccc(Oc2ccc(NC(=O)c3nc4ccccc4[nH]3)cc2)c(Cl)c1. The Hall–Kier alpha value is -3.84. The summed E-state index contributed by atoms with van der Waals surface area (Å²) in [6, 6.07) is 19.0. The number of ether oxygens (including phenoxy) is 1. The van der Waals surface area contributed by atoms with Crippen molar-refractivity contribution in [1.82, 2.24) is 9.97 Å². The quantitative estimate of drug-likeness (QED) is 0.411. The van der Waals surface area contributed by atoms with Crippen LogP contribution in [-0.2, 0) is 11.2 Å². The van der Waals surface area contributed by atoms with Gasteiger partial charge in [0.15, 0.2) is 5.82 Å². The smallest absolute Gasteiger partial charge is 0.307 e. The topological polar surface area (TPSA) is 104 Å². The summed E-state index contributed by atoms with van der Waals surface area (Å²) in [5.41, 5.74) is 2.68. The van der Waals surface area contributed by atoms with E-state index in [4.69, 9.17) is 21.4 Å². The van der Waals surface area contributed by atoms with Gasteiger partial charge in [-0.1, -0.05) is 29.8 Å². The lowest BCUT2D eigenvalue weighted by molar-refractivity contribution is -0.136. The molecule has 4 rings (SSSR count). The van der Waals surface area contributed by atoms with Crippen molar-refractivity contribution in [2.45, 2.75) is 6.42 Å². The maximum absolute atomic E-state index is 12.4. The zero-order valence-electron chi connectivity index (χ0n) is 15.6. The van der Waals surface area contributed by atoms with E-state index in [1.54, 1.807) is 42.5 Å². The molecule has 150 valence electrons. The first-order valence-electron chi connectivity index (χ1n) is 9.02. The predicted octanol–water partition coefficient (Wildman–Crippen LogP) is 4.89. The first-order chi connectivity index (χ1) is 14.5. The summed E-state index contributed by atoms with van der Waals surface area (Å²) < 4.78 is 5.74. The highest BCUT2D eigenvalue weighted by molar-refractivity contribution is 6.32. The second-order valence-electron chi connectivity index (χ2n) is 6.52. The first kappa shape index (κ1) is 19.5. The number of carboxylic acid groups (broad SMARTS) is 1. The molecule has 0 bridgehead atoms. The number of aromatic nitrogens is 2. The molecule has 0 radical (unpaired) electrons. The number of carbonyl (C=O) groups excluding carboxylic acids is 1. The van der Waals surface area contributed by atoms with Gasteiger partial charge in [-0.15, -0.1) is 0 Å². The van der Waals surface area contributed by atoms with Crippen LogP contribution in [0.1, 0.15) is 16.2 Å². The molecule has 3 N–H and O–H groups in total. The van der Waals surface area contributed by atoms with E-state index in [2.05, 4.69) is 15.3 Å². The second-order valence-corrected chi connectivity index (χ2v) is 6.93. The molecule has 0 aliphatic carbocycles.